The van der Waals surface area contributed by atoms with E-state index in [1.165, 1.54) is 0 Å². The van der Waals surface area contributed by atoms with Crippen molar-refractivity contribution in [3.05, 3.63) is 30.4 Å². The van der Waals surface area contributed by atoms with Crippen LogP contribution < -0.4 is 10.2 Å². The standard InChI is InChI=1S/C15H22N6O/c1-20-13(4-5-19-20)8-16-14-7-15(18-11-17-14)21-6-2-3-12(9-21)10-22/h4-5,7,11-12,22H,2-3,6,8-10H2,1H3,(H,16,17,18). The van der Waals surface area contributed by atoms with E-state index in [1.54, 1.807) is 12.5 Å². The predicted molar refractivity (Wildman–Crippen MR) is 84.6 cm³/mol. The Morgan fingerprint density at radius 3 is 3.09 bits per heavy atom. The van der Waals surface area contributed by atoms with Gasteiger partial charge >= 0.3 is 0 Å². The Balaban J connectivity index is 1.66. The Morgan fingerprint density at radius 2 is 2.32 bits per heavy atom. The number of aryl methyl sites for hydroxylation is 1. The van der Waals surface area contributed by atoms with Crippen molar-refractivity contribution in [2.45, 2.75) is 19.4 Å². The quantitative estimate of drug-likeness (QED) is 0.859. The molecule has 1 unspecified atom stereocenters. The molecule has 3 rings (SSSR count). The maximum atomic E-state index is 9.35. The fraction of sp³-hybridized carbons (Fsp3) is 0.533. The Morgan fingerprint density at radius 1 is 1.41 bits per heavy atom. The largest absolute Gasteiger partial charge is 0.396 e. The molecular formula is C15H22N6O. The lowest BCUT2D eigenvalue weighted by atomic mass is 9.99. The number of hydrogen-bond acceptors (Lipinski definition) is 6. The van der Waals surface area contributed by atoms with E-state index in [4.69, 9.17) is 0 Å². The molecule has 2 aromatic rings. The second-order valence-electron chi connectivity index (χ2n) is 5.70. The zero-order valence-electron chi connectivity index (χ0n) is 12.8. The predicted octanol–water partition coefficient (Wildman–Crippen LogP) is 1.03. The van der Waals surface area contributed by atoms with E-state index < -0.39 is 0 Å². The summed E-state index contributed by atoms with van der Waals surface area (Å²) in [7, 11) is 1.92. The Labute approximate surface area is 130 Å². The van der Waals surface area contributed by atoms with Crippen LogP contribution in [0.5, 0.6) is 0 Å². The van der Waals surface area contributed by atoms with Crippen LogP contribution in [0.1, 0.15) is 18.5 Å². The first-order chi connectivity index (χ1) is 10.8. The van der Waals surface area contributed by atoms with Gasteiger partial charge in [0.2, 0.25) is 0 Å². The first kappa shape index (κ1) is 14.8. The van der Waals surface area contributed by atoms with Crippen molar-refractivity contribution < 1.29 is 5.11 Å². The van der Waals surface area contributed by atoms with Crippen LogP contribution in [-0.2, 0) is 13.6 Å². The molecule has 2 N–H and O–H groups in total. The minimum Gasteiger partial charge on any atom is -0.396 e. The molecule has 1 aliphatic rings. The van der Waals surface area contributed by atoms with Crippen molar-refractivity contribution in [3.63, 3.8) is 0 Å². The van der Waals surface area contributed by atoms with Crippen LogP contribution in [0.4, 0.5) is 11.6 Å². The second-order valence-corrected chi connectivity index (χ2v) is 5.70. The van der Waals surface area contributed by atoms with Crippen molar-refractivity contribution in [2.75, 3.05) is 29.9 Å². The summed E-state index contributed by atoms with van der Waals surface area (Å²) in [4.78, 5) is 10.9. The number of aliphatic hydroxyl groups excluding tert-OH is 1. The minimum atomic E-state index is 0.243. The average molecular weight is 302 g/mol. The van der Waals surface area contributed by atoms with Crippen LogP contribution in [-0.4, -0.2) is 44.6 Å². The molecule has 0 aliphatic carbocycles. The monoisotopic (exact) mass is 302 g/mol. The lowest BCUT2D eigenvalue weighted by molar-refractivity contribution is 0.208. The minimum absolute atomic E-state index is 0.243. The van der Waals surface area contributed by atoms with Crippen LogP contribution in [0.3, 0.4) is 0 Å². The van der Waals surface area contributed by atoms with Gasteiger partial charge in [0.05, 0.1) is 12.2 Å². The lowest BCUT2D eigenvalue weighted by Gasteiger charge is -2.32. The Kier molecular flexibility index (Phi) is 4.53. The van der Waals surface area contributed by atoms with Gasteiger partial charge in [-0.3, -0.25) is 4.68 Å². The van der Waals surface area contributed by atoms with E-state index in [1.807, 2.05) is 23.9 Å². The molecule has 1 atom stereocenters. The molecule has 118 valence electrons. The average Bonchev–Trinajstić information content (AvgIpc) is 2.98. The number of aromatic nitrogens is 4. The molecule has 7 heteroatoms. The SMILES string of the molecule is Cn1nccc1CNc1cc(N2CCCC(CO)C2)ncn1. The van der Waals surface area contributed by atoms with Crippen LogP contribution in [0.15, 0.2) is 24.7 Å². The summed E-state index contributed by atoms with van der Waals surface area (Å²) < 4.78 is 1.84. The molecular weight excluding hydrogens is 280 g/mol. The van der Waals surface area contributed by atoms with Crippen LogP contribution in [0.2, 0.25) is 0 Å². The maximum absolute atomic E-state index is 9.35. The molecule has 0 radical (unpaired) electrons. The van der Waals surface area contributed by atoms with Gasteiger partial charge in [-0.1, -0.05) is 0 Å². The van der Waals surface area contributed by atoms with Gasteiger partial charge in [0.1, 0.15) is 18.0 Å². The van der Waals surface area contributed by atoms with Gasteiger partial charge in [0.25, 0.3) is 0 Å². The Bertz CT molecular complexity index is 614. The fourth-order valence-corrected chi connectivity index (χ4v) is 2.79. The third-order valence-corrected chi connectivity index (χ3v) is 4.13. The summed E-state index contributed by atoms with van der Waals surface area (Å²) in [6.45, 7) is 2.75. The molecule has 7 nitrogen and oxygen atoms in total. The number of aliphatic hydroxyl groups is 1. The van der Waals surface area contributed by atoms with Crippen molar-refractivity contribution >= 4 is 11.6 Å². The van der Waals surface area contributed by atoms with Gasteiger partial charge < -0.3 is 15.3 Å². The zero-order valence-corrected chi connectivity index (χ0v) is 12.8. The van der Waals surface area contributed by atoms with Gasteiger partial charge in [-0.2, -0.15) is 5.10 Å². The molecule has 3 heterocycles. The summed E-state index contributed by atoms with van der Waals surface area (Å²) in [6.07, 6.45) is 5.55. The first-order valence-corrected chi connectivity index (χ1v) is 7.65. The molecule has 0 aromatic carbocycles. The van der Waals surface area contributed by atoms with Crippen molar-refractivity contribution in [2.24, 2.45) is 13.0 Å². The van der Waals surface area contributed by atoms with E-state index in [-0.39, 0.29) is 6.61 Å². The summed E-state index contributed by atoms with van der Waals surface area (Å²) in [6, 6.07) is 3.95. The summed E-state index contributed by atoms with van der Waals surface area (Å²) in [5.74, 6) is 2.06. The Hall–Kier alpha value is -2.15. The van der Waals surface area contributed by atoms with E-state index in [9.17, 15) is 5.11 Å². The van der Waals surface area contributed by atoms with Crippen molar-refractivity contribution in [1.82, 2.24) is 19.7 Å². The summed E-state index contributed by atoms with van der Waals surface area (Å²) >= 11 is 0. The van der Waals surface area contributed by atoms with Crippen LogP contribution >= 0.6 is 0 Å². The molecule has 22 heavy (non-hydrogen) atoms. The highest BCUT2D eigenvalue weighted by atomic mass is 16.3. The van der Waals surface area contributed by atoms with Crippen LogP contribution in [0.25, 0.3) is 0 Å². The third-order valence-electron chi connectivity index (χ3n) is 4.13. The van der Waals surface area contributed by atoms with E-state index >= 15 is 0 Å². The molecule has 0 spiro atoms. The number of piperidine rings is 1. The molecule has 0 bridgehead atoms. The first-order valence-electron chi connectivity index (χ1n) is 7.65. The van der Waals surface area contributed by atoms with Gasteiger partial charge in [0.15, 0.2) is 0 Å². The third kappa shape index (κ3) is 3.36. The fourth-order valence-electron chi connectivity index (χ4n) is 2.79. The number of hydrogen-bond donors (Lipinski definition) is 2. The second kappa shape index (κ2) is 6.74. The molecule has 1 fully saturated rings. The smallest absolute Gasteiger partial charge is 0.134 e. The molecule has 0 saturated carbocycles. The number of rotatable bonds is 5. The molecule has 2 aromatic heterocycles. The highest BCUT2D eigenvalue weighted by Crippen LogP contribution is 2.22. The van der Waals surface area contributed by atoms with Crippen molar-refractivity contribution in [3.8, 4) is 0 Å². The van der Waals surface area contributed by atoms with Gasteiger partial charge in [0, 0.05) is 39.0 Å². The zero-order chi connectivity index (χ0) is 15.4. The number of anilines is 2. The number of nitrogens with one attached hydrogen (secondary N) is 1. The summed E-state index contributed by atoms with van der Waals surface area (Å²) in [5.41, 5.74) is 1.10. The lowest BCUT2D eigenvalue weighted by Crippen LogP contribution is -2.37. The normalized spacial score (nSPS) is 18.5. The number of nitrogens with zero attached hydrogens (tertiary/aromatic N) is 5. The molecule has 1 saturated heterocycles. The van der Waals surface area contributed by atoms with Crippen molar-refractivity contribution in [1.29, 1.82) is 0 Å². The molecule has 1 aliphatic heterocycles. The van der Waals surface area contributed by atoms with Gasteiger partial charge in [-0.05, 0) is 24.8 Å². The maximum Gasteiger partial charge on any atom is 0.134 e. The molecule has 0 amide bonds. The van der Waals surface area contributed by atoms with Gasteiger partial charge in [-0.25, -0.2) is 9.97 Å². The van der Waals surface area contributed by atoms with E-state index in [0.29, 0.717) is 12.5 Å². The highest BCUT2D eigenvalue weighted by Gasteiger charge is 2.20. The summed E-state index contributed by atoms with van der Waals surface area (Å²) in [5, 5.41) is 16.8. The van der Waals surface area contributed by atoms with Crippen LogP contribution in [0, 0.1) is 5.92 Å². The van der Waals surface area contributed by atoms with E-state index in [2.05, 4.69) is 25.3 Å². The van der Waals surface area contributed by atoms with E-state index in [0.717, 1.165) is 43.3 Å². The van der Waals surface area contributed by atoms with Gasteiger partial charge in [-0.15, -0.1) is 0 Å². The topological polar surface area (TPSA) is 79.1 Å². The highest BCUT2D eigenvalue weighted by molar-refractivity contribution is 5.48.